The summed E-state index contributed by atoms with van der Waals surface area (Å²) < 4.78 is 18.7. The molecule has 3 heterocycles. The van der Waals surface area contributed by atoms with Crippen LogP contribution >= 0.6 is 0 Å². The number of nitrogens with zero attached hydrogens (tertiary/aromatic N) is 4. The van der Waals surface area contributed by atoms with E-state index in [-0.39, 0.29) is 11.7 Å². The lowest BCUT2D eigenvalue weighted by molar-refractivity contribution is 0.0630. The number of amides is 1. The van der Waals surface area contributed by atoms with Gasteiger partial charge in [-0.2, -0.15) is 0 Å². The standard InChI is InChI=1S/C25H23FN4O2/c1-17-23-21(15-22(27-24(23)32-28-17)19-7-9-20(26)10-8-19)25(31)30-13-11-29(12-14-30)16-18-5-3-2-4-6-18/h2-10,15H,11-14,16H2,1H3. The summed E-state index contributed by atoms with van der Waals surface area (Å²) in [4.78, 5) is 22.3. The summed E-state index contributed by atoms with van der Waals surface area (Å²) in [6, 6.07) is 18.1. The fourth-order valence-electron chi connectivity index (χ4n) is 4.15. The predicted octanol–water partition coefficient (Wildman–Crippen LogP) is 4.30. The average molecular weight is 430 g/mol. The largest absolute Gasteiger partial charge is 0.336 e. The Morgan fingerprint density at radius 3 is 2.47 bits per heavy atom. The van der Waals surface area contributed by atoms with Gasteiger partial charge in [0.25, 0.3) is 11.6 Å². The smallest absolute Gasteiger partial charge is 0.259 e. The van der Waals surface area contributed by atoms with Crippen molar-refractivity contribution in [3.63, 3.8) is 0 Å². The highest BCUT2D eigenvalue weighted by molar-refractivity contribution is 6.07. The van der Waals surface area contributed by atoms with Gasteiger partial charge in [0.15, 0.2) is 0 Å². The van der Waals surface area contributed by atoms with Crippen molar-refractivity contribution in [3.8, 4) is 11.3 Å². The van der Waals surface area contributed by atoms with Crippen molar-refractivity contribution in [1.82, 2.24) is 19.9 Å². The van der Waals surface area contributed by atoms with Gasteiger partial charge in [-0.15, -0.1) is 0 Å². The summed E-state index contributed by atoms with van der Waals surface area (Å²) in [5.41, 5.74) is 4.00. The number of aromatic nitrogens is 2. The first-order valence-electron chi connectivity index (χ1n) is 10.7. The van der Waals surface area contributed by atoms with Crippen LogP contribution in [0.1, 0.15) is 21.6 Å². The lowest BCUT2D eigenvalue weighted by atomic mass is 10.0. The molecule has 6 nitrogen and oxygen atoms in total. The van der Waals surface area contributed by atoms with E-state index in [0.29, 0.717) is 46.7 Å². The summed E-state index contributed by atoms with van der Waals surface area (Å²) in [5.74, 6) is -0.388. The third kappa shape index (κ3) is 3.99. The molecule has 2 aromatic heterocycles. The molecule has 1 fully saturated rings. The molecule has 0 aliphatic carbocycles. The second kappa shape index (κ2) is 8.51. The van der Waals surface area contributed by atoms with E-state index >= 15 is 0 Å². The first-order valence-corrected chi connectivity index (χ1v) is 10.7. The van der Waals surface area contributed by atoms with E-state index < -0.39 is 0 Å². The number of halogens is 1. The molecule has 0 radical (unpaired) electrons. The quantitative estimate of drug-likeness (QED) is 0.483. The second-order valence-electron chi connectivity index (χ2n) is 8.06. The number of aryl methyl sites for hydroxylation is 1. The Hall–Kier alpha value is -3.58. The monoisotopic (exact) mass is 430 g/mol. The number of carbonyl (C=O) groups excluding carboxylic acids is 1. The molecule has 162 valence electrons. The molecule has 1 aliphatic heterocycles. The van der Waals surface area contributed by atoms with E-state index in [1.165, 1.54) is 17.7 Å². The molecular weight excluding hydrogens is 407 g/mol. The van der Waals surface area contributed by atoms with Crippen LogP contribution in [-0.4, -0.2) is 52.0 Å². The Bertz CT molecular complexity index is 1250. The summed E-state index contributed by atoms with van der Waals surface area (Å²) in [6.07, 6.45) is 0. The molecule has 0 bridgehead atoms. The molecule has 1 saturated heterocycles. The minimum Gasteiger partial charge on any atom is -0.336 e. The molecule has 1 amide bonds. The lowest BCUT2D eigenvalue weighted by Crippen LogP contribution is -2.48. The predicted molar refractivity (Wildman–Crippen MR) is 120 cm³/mol. The first kappa shape index (κ1) is 20.3. The lowest BCUT2D eigenvalue weighted by Gasteiger charge is -2.35. The van der Waals surface area contributed by atoms with Gasteiger partial charge < -0.3 is 9.42 Å². The van der Waals surface area contributed by atoms with Gasteiger partial charge in [0.1, 0.15) is 5.82 Å². The maximum Gasteiger partial charge on any atom is 0.259 e. The second-order valence-corrected chi connectivity index (χ2v) is 8.06. The number of fused-ring (bicyclic) bond motifs is 1. The van der Waals surface area contributed by atoms with Crippen LogP contribution < -0.4 is 0 Å². The summed E-state index contributed by atoms with van der Waals surface area (Å²) in [5, 5.41) is 4.65. The highest BCUT2D eigenvalue weighted by Gasteiger charge is 2.26. The molecule has 0 atom stereocenters. The van der Waals surface area contributed by atoms with Crippen molar-refractivity contribution < 1.29 is 13.7 Å². The number of hydrogen-bond acceptors (Lipinski definition) is 5. The Morgan fingerprint density at radius 1 is 1.03 bits per heavy atom. The van der Waals surface area contributed by atoms with Gasteiger partial charge in [0.2, 0.25) is 0 Å². The minimum absolute atomic E-state index is 0.0635. The van der Waals surface area contributed by atoms with E-state index in [9.17, 15) is 9.18 Å². The van der Waals surface area contributed by atoms with Crippen molar-refractivity contribution in [3.05, 3.63) is 83.3 Å². The molecule has 0 saturated carbocycles. The zero-order valence-corrected chi connectivity index (χ0v) is 17.8. The molecule has 0 unspecified atom stereocenters. The number of hydrogen-bond donors (Lipinski definition) is 0. The Kier molecular flexibility index (Phi) is 5.41. The number of carbonyl (C=O) groups is 1. The molecule has 5 rings (SSSR count). The van der Waals surface area contributed by atoms with Crippen molar-refractivity contribution in [1.29, 1.82) is 0 Å². The van der Waals surface area contributed by atoms with Crippen LogP contribution in [0.3, 0.4) is 0 Å². The van der Waals surface area contributed by atoms with Crippen LogP contribution in [0.15, 0.2) is 65.2 Å². The third-order valence-corrected chi connectivity index (χ3v) is 5.90. The molecule has 2 aromatic carbocycles. The number of piperazine rings is 1. The number of rotatable bonds is 4. The Labute approximate surface area is 185 Å². The molecule has 7 heteroatoms. The Morgan fingerprint density at radius 2 is 1.75 bits per heavy atom. The zero-order chi connectivity index (χ0) is 22.1. The van der Waals surface area contributed by atoms with Gasteiger partial charge in [-0.25, -0.2) is 9.37 Å². The first-order chi connectivity index (χ1) is 15.6. The minimum atomic E-state index is -0.324. The average Bonchev–Trinajstić information content (AvgIpc) is 3.20. The van der Waals surface area contributed by atoms with Crippen LogP contribution in [0.4, 0.5) is 4.39 Å². The fourth-order valence-corrected chi connectivity index (χ4v) is 4.15. The molecule has 32 heavy (non-hydrogen) atoms. The maximum absolute atomic E-state index is 13.5. The van der Waals surface area contributed by atoms with Gasteiger partial charge in [-0.1, -0.05) is 35.5 Å². The SMILES string of the molecule is Cc1noc2nc(-c3ccc(F)cc3)cc(C(=O)N3CCN(Cc4ccccc4)CC3)c12. The van der Waals surface area contributed by atoms with Crippen molar-refractivity contribution in [2.45, 2.75) is 13.5 Å². The Balaban J connectivity index is 1.39. The van der Waals surface area contributed by atoms with Gasteiger partial charge in [-0.05, 0) is 42.8 Å². The van der Waals surface area contributed by atoms with Gasteiger partial charge in [0, 0.05) is 38.3 Å². The van der Waals surface area contributed by atoms with E-state index in [2.05, 4.69) is 27.2 Å². The van der Waals surface area contributed by atoms with Crippen LogP contribution in [0.5, 0.6) is 0 Å². The van der Waals surface area contributed by atoms with E-state index in [1.54, 1.807) is 25.1 Å². The molecule has 0 N–H and O–H groups in total. The highest BCUT2D eigenvalue weighted by atomic mass is 19.1. The maximum atomic E-state index is 13.5. The van der Waals surface area contributed by atoms with Crippen LogP contribution in [-0.2, 0) is 6.54 Å². The van der Waals surface area contributed by atoms with Crippen LogP contribution in [0, 0.1) is 12.7 Å². The summed E-state index contributed by atoms with van der Waals surface area (Å²) in [7, 11) is 0. The van der Waals surface area contributed by atoms with Gasteiger partial charge in [-0.3, -0.25) is 9.69 Å². The van der Waals surface area contributed by atoms with Crippen LogP contribution in [0.25, 0.3) is 22.4 Å². The number of pyridine rings is 1. The highest BCUT2D eigenvalue weighted by Crippen LogP contribution is 2.28. The van der Waals surface area contributed by atoms with Crippen molar-refractivity contribution >= 4 is 17.0 Å². The van der Waals surface area contributed by atoms with Crippen LogP contribution in [0.2, 0.25) is 0 Å². The molecular formula is C25H23FN4O2. The fraction of sp³-hybridized carbons (Fsp3) is 0.240. The molecule has 4 aromatic rings. The molecule has 0 spiro atoms. The van der Waals surface area contributed by atoms with E-state index in [4.69, 9.17) is 4.52 Å². The summed E-state index contributed by atoms with van der Waals surface area (Å²) >= 11 is 0. The van der Waals surface area contributed by atoms with E-state index in [0.717, 1.165) is 19.6 Å². The zero-order valence-electron chi connectivity index (χ0n) is 17.8. The van der Waals surface area contributed by atoms with Crippen molar-refractivity contribution in [2.75, 3.05) is 26.2 Å². The topological polar surface area (TPSA) is 62.5 Å². The van der Waals surface area contributed by atoms with Gasteiger partial charge in [0.05, 0.1) is 22.3 Å². The van der Waals surface area contributed by atoms with E-state index in [1.807, 2.05) is 23.1 Å². The number of benzene rings is 2. The molecule has 1 aliphatic rings. The van der Waals surface area contributed by atoms with Crippen molar-refractivity contribution in [2.24, 2.45) is 0 Å². The summed E-state index contributed by atoms with van der Waals surface area (Å²) in [6.45, 7) is 5.59. The third-order valence-electron chi connectivity index (χ3n) is 5.90. The normalized spacial score (nSPS) is 14.8. The van der Waals surface area contributed by atoms with Gasteiger partial charge >= 0.3 is 0 Å².